The number of halogens is 1. The van der Waals surface area contributed by atoms with E-state index in [2.05, 4.69) is 20.9 Å². The quantitative estimate of drug-likeness (QED) is 0.808. The van der Waals surface area contributed by atoms with E-state index in [0.29, 0.717) is 23.2 Å². The highest BCUT2D eigenvalue weighted by Crippen LogP contribution is 2.23. The molecular weight excluding hydrogens is 274 g/mol. The number of hydrogen-bond acceptors (Lipinski definition) is 4. The highest BCUT2D eigenvalue weighted by atomic mass is 79.9. The van der Waals surface area contributed by atoms with E-state index in [0.717, 1.165) is 5.56 Å². The van der Waals surface area contributed by atoms with E-state index in [4.69, 9.17) is 4.74 Å². The van der Waals surface area contributed by atoms with Crippen molar-refractivity contribution < 1.29 is 14.9 Å². The average molecular weight is 290 g/mol. The van der Waals surface area contributed by atoms with Gasteiger partial charge in [0.25, 0.3) is 0 Å². The number of pyridine rings is 1. The normalized spacial score (nSPS) is 14.6. The Bertz CT molecular complexity index is 346. The van der Waals surface area contributed by atoms with Gasteiger partial charge in [0.15, 0.2) is 0 Å². The SMILES string of the molecule is COc1ncc(C(O)C(O)CCBr)cc1C. The summed E-state index contributed by atoms with van der Waals surface area (Å²) in [6, 6.07) is 1.77. The minimum absolute atomic E-state index is 0.492. The van der Waals surface area contributed by atoms with Crippen molar-refractivity contribution in [1.29, 1.82) is 0 Å². The van der Waals surface area contributed by atoms with Crippen LogP contribution in [-0.4, -0.2) is 33.7 Å². The van der Waals surface area contributed by atoms with Crippen molar-refractivity contribution in [2.45, 2.75) is 25.6 Å². The number of methoxy groups -OCH3 is 1. The van der Waals surface area contributed by atoms with Gasteiger partial charge in [-0.25, -0.2) is 4.98 Å². The molecule has 0 saturated heterocycles. The predicted octanol–water partition coefficient (Wildman–Crippen LogP) is 1.58. The van der Waals surface area contributed by atoms with Crippen LogP contribution in [0.4, 0.5) is 0 Å². The number of ether oxygens (including phenoxy) is 1. The molecule has 0 fully saturated rings. The minimum atomic E-state index is -0.908. The van der Waals surface area contributed by atoms with Crippen molar-refractivity contribution in [3.63, 3.8) is 0 Å². The topological polar surface area (TPSA) is 62.6 Å². The largest absolute Gasteiger partial charge is 0.481 e. The van der Waals surface area contributed by atoms with Gasteiger partial charge in [0.05, 0.1) is 13.2 Å². The fourth-order valence-corrected chi connectivity index (χ4v) is 1.92. The van der Waals surface area contributed by atoms with Crippen molar-refractivity contribution in [3.05, 3.63) is 23.4 Å². The van der Waals surface area contributed by atoms with Gasteiger partial charge in [-0.3, -0.25) is 0 Å². The lowest BCUT2D eigenvalue weighted by atomic mass is 10.0. The Morgan fingerprint density at radius 2 is 2.19 bits per heavy atom. The van der Waals surface area contributed by atoms with Crippen molar-refractivity contribution in [2.24, 2.45) is 0 Å². The molecule has 0 radical (unpaired) electrons. The van der Waals surface area contributed by atoms with E-state index >= 15 is 0 Å². The smallest absolute Gasteiger partial charge is 0.215 e. The van der Waals surface area contributed by atoms with Gasteiger partial charge >= 0.3 is 0 Å². The van der Waals surface area contributed by atoms with E-state index < -0.39 is 12.2 Å². The lowest BCUT2D eigenvalue weighted by Crippen LogP contribution is -2.19. The van der Waals surface area contributed by atoms with Gasteiger partial charge in [0, 0.05) is 22.7 Å². The molecule has 1 rings (SSSR count). The number of hydrogen-bond donors (Lipinski definition) is 2. The third-order valence-corrected chi connectivity index (χ3v) is 2.81. The van der Waals surface area contributed by atoms with E-state index in [9.17, 15) is 10.2 Å². The first-order valence-electron chi connectivity index (χ1n) is 5.02. The van der Waals surface area contributed by atoms with Gasteiger partial charge in [0.2, 0.25) is 5.88 Å². The summed E-state index contributed by atoms with van der Waals surface area (Å²) >= 11 is 3.22. The zero-order chi connectivity index (χ0) is 12.1. The highest BCUT2D eigenvalue weighted by molar-refractivity contribution is 9.09. The number of aliphatic hydroxyl groups is 2. The van der Waals surface area contributed by atoms with Crippen LogP contribution in [0.1, 0.15) is 23.7 Å². The Morgan fingerprint density at radius 3 is 2.69 bits per heavy atom. The molecule has 2 N–H and O–H groups in total. The van der Waals surface area contributed by atoms with E-state index in [-0.39, 0.29) is 0 Å². The van der Waals surface area contributed by atoms with E-state index in [1.807, 2.05) is 6.92 Å². The van der Waals surface area contributed by atoms with E-state index in [1.165, 1.54) is 6.20 Å². The number of rotatable bonds is 5. The Labute approximate surface area is 103 Å². The number of aliphatic hydroxyl groups excluding tert-OH is 2. The summed E-state index contributed by atoms with van der Waals surface area (Å²) in [5.74, 6) is 0.533. The zero-order valence-electron chi connectivity index (χ0n) is 9.35. The van der Waals surface area contributed by atoms with Crippen LogP contribution in [-0.2, 0) is 0 Å². The molecule has 16 heavy (non-hydrogen) atoms. The second-order valence-electron chi connectivity index (χ2n) is 3.58. The second kappa shape index (κ2) is 6.18. The van der Waals surface area contributed by atoms with E-state index in [1.54, 1.807) is 13.2 Å². The molecular formula is C11H16BrNO3. The Hall–Kier alpha value is -0.650. The van der Waals surface area contributed by atoms with Gasteiger partial charge in [-0.1, -0.05) is 15.9 Å². The van der Waals surface area contributed by atoms with Crippen LogP contribution >= 0.6 is 15.9 Å². The molecule has 5 heteroatoms. The Morgan fingerprint density at radius 1 is 1.50 bits per heavy atom. The van der Waals surface area contributed by atoms with Crippen LogP contribution in [0.25, 0.3) is 0 Å². The number of nitrogens with zero attached hydrogens (tertiary/aromatic N) is 1. The molecule has 4 nitrogen and oxygen atoms in total. The molecule has 0 aliphatic heterocycles. The lowest BCUT2D eigenvalue weighted by Gasteiger charge is -2.17. The average Bonchev–Trinajstić information content (AvgIpc) is 2.28. The van der Waals surface area contributed by atoms with Gasteiger partial charge in [0.1, 0.15) is 6.10 Å². The maximum Gasteiger partial charge on any atom is 0.215 e. The second-order valence-corrected chi connectivity index (χ2v) is 4.38. The summed E-state index contributed by atoms with van der Waals surface area (Å²) in [5, 5.41) is 20.2. The molecule has 0 amide bonds. The monoisotopic (exact) mass is 289 g/mol. The van der Waals surface area contributed by atoms with Crippen LogP contribution in [0.3, 0.4) is 0 Å². The molecule has 1 aromatic heterocycles. The molecule has 0 aromatic carbocycles. The number of aryl methyl sites for hydroxylation is 1. The molecule has 0 bridgehead atoms. The van der Waals surface area contributed by atoms with Gasteiger partial charge in [-0.15, -0.1) is 0 Å². The zero-order valence-corrected chi connectivity index (χ0v) is 10.9. The first-order chi connectivity index (χ1) is 7.60. The number of aromatic nitrogens is 1. The van der Waals surface area contributed by atoms with Crippen molar-refractivity contribution in [3.8, 4) is 5.88 Å². The first-order valence-corrected chi connectivity index (χ1v) is 6.15. The van der Waals surface area contributed by atoms with Crippen molar-refractivity contribution in [1.82, 2.24) is 4.98 Å². The van der Waals surface area contributed by atoms with Crippen molar-refractivity contribution >= 4 is 15.9 Å². The van der Waals surface area contributed by atoms with Crippen molar-refractivity contribution in [2.75, 3.05) is 12.4 Å². The van der Waals surface area contributed by atoms with Crippen LogP contribution < -0.4 is 4.74 Å². The summed E-state index contributed by atoms with van der Waals surface area (Å²) < 4.78 is 5.02. The summed E-state index contributed by atoms with van der Waals surface area (Å²) in [4.78, 5) is 4.06. The molecule has 0 spiro atoms. The predicted molar refractivity (Wildman–Crippen MR) is 64.9 cm³/mol. The van der Waals surface area contributed by atoms with Gasteiger partial charge in [-0.2, -0.15) is 0 Å². The molecule has 0 aliphatic rings. The third kappa shape index (κ3) is 3.17. The highest BCUT2D eigenvalue weighted by Gasteiger charge is 2.18. The van der Waals surface area contributed by atoms with Crippen LogP contribution in [0.5, 0.6) is 5.88 Å². The first kappa shape index (κ1) is 13.4. The fourth-order valence-electron chi connectivity index (χ4n) is 1.45. The maximum atomic E-state index is 9.86. The summed E-state index contributed by atoms with van der Waals surface area (Å²) in [6.45, 7) is 1.85. The molecule has 90 valence electrons. The van der Waals surface area contributed by atoms with Crippen LogP contribution in [0.15, 0.2) is 12.3 Å². The lowest BCUT2D eigenvalue weighted by molar-refractivity contribution is 0.0171. The maximum absolute atomic E-state index is 9.86. The van der Waals surface area contributed by atoms with Crippen LogP contribution in [0.2, 0.25) is 0 Å². The molecule has 1 aromatic rings. The summed E-state index contributed by atoms with van der Waals surface area (Å²) in [6.07, 6.45) is 0.323. The molecule has 2 unspecified atom stereocenters. The molecule has 1 heterocycles. The summed E-state index contributed by atoms with van der Waals surface area (Å²) in [7, 11) is 1.55. The van der Waals surface area contributed by atoms with Gasteiger partial charge in [-0.05, 0) is 19.4 Å². The third-order valence-electron chi connectivity index (χ3n) is 2.36. The Balaban J connectivity index is 2.84. The van der Waals surface area contributed by atoms with Crippen LogP contribution in [0, 0.1) is 6.92 Å². The van der Waals surface area contributed by atoms with Gasteiger partial charge < -0.3 is 14.9 Å². The standard InChI is InChI=1S/C11H16BrNO3/c1-7-5-8(6-13-11(7)16-2)10(15)9(14)3-4-12/h5-6,9-10,14-15H,3-4H2,1-2H3. The Kier molecular flexibility index (Phi) is 5.18. The minimum Gasteiger partial charge on any atom is -0.481 e. The molecule has 2 atom stereocenters. The molecule has 0 saturated carbocycles. The molecule has 0 aliphatic carbocycles. The summed E-state index contributed by atoms with van der Waals surface area (Å²) in [5.41, 5.74) is 1.44. The number of alkyl halides is 1. The fraction of sp³-hybridized carbons (Fsp3) is 0.545.